The van der Waals surface area contributed by atoms with Crippen molar-refractivity contribution in [2.45, 2.75) is 25.2 Å². The molecule has 0 aromatic heterocycles. The molecular weight excluding hydrogens is 306 g/mol. The van der Waals surface area contributed by atoms with Gasteiger partial charge in [0.25, 0.3) is 0 Å². The minimum atomic E-state index is 0.556. The van der Waals surface area contributed by atoms with Crippen molar-refractivity contribution in [2.24, 2.45) is 5.41 Å². The van der Waals surface area contributed by atoms with Crippen molar-refractivity contribution in [3.63, 3.8) is 0 Å². The lowest BCUT2D eigenvalue weighted by Crippen LogP contribution is -2.45. The zero-order valence-electron chi connectivity index (χ0n) is 10.6. The van der Waals surface area contributed by atoms with E-state index < -0.39 is 0 Å². The molecule has 1 N–H and O–H groups in total. The highest BCUT2D eigenvalue weighted by Gasteiger charge is 2.42. The van der Waals surface area contributed by atoms with Gasteiger partial charge in [0, 0.05) is 16.9 Å². The maximum absolute atomic E-state index is 3.75. The number of benzene rings is 1. The highest BCUT2D eigenvalue weighted by atomic mass is 79.9. The van der Waals surface area contributed by atoms with Gasteiger partial charge in [0.1, 0.15) is 0 Å². The van der Waals surface area contributed by atoms with E-state index in [1.54, 1.807) is 0 Å². The van der Waals surface area contributed by atoms with E-state index in [0.717, 1.165) is 6.54 Å². The third kappa shape index (κ3) is 2.37. The lowest BCUT2D eigenvalue weighted by Gasteiger charge is -2.47. The second-order valence-corrected chi connectivity index (χ2v) is 7.58. The van der Waals surface area contributed by atoms with Gasteiger partial charge in [-0.2, -0.15) is 11.8 Å². The molecule has 1 unspecified atom stereocenters. The van der Waals surface area contributed by atoms with Crippen LogP contribution in [0.4, 0.5) is 0 Å². The minimum Gasteiger partial charge on any atom is -0.316 e. The molecule has 2 saturated heterocycles. The van der Waals surface area contributed by atoms with Gasteiger partial charge in [-0.1, -0.05) is 34.1 Å². The maximum Gasteiger partial charge on any atom is 0.0210 e. The fourth-order valence-electron chi connectivity index (χ4n) is 3.55. The Kier molecular flexibility index (Phi) is 4.02. The monoisotopic (exact) mass is 325 g/mol. The zero-order valence-corrected chi connectivity index (χ0v) is 13.0. The lowest BCUT2D eigenvalue weighted by atomic mass is 9.64. The van der Waals surface area contributed by atoms with Crippen LogP contribution in [0.3, 0.4) is 0 Å². The molecule has 2 aliphatic heterocycles. The Balaban J connectivity index is 1.94. The minimum absolute atomic E-state index is 0.556. The standard InChI is InChI=1S/C15H20BrNS/c16-14-4-2-1-3-12(14)13-11-17-8-5-15(13)6-9-18-10-7-15/h1-4,13,17H,5-11H2. The summed E-state index contributed by atoms with van der Waals surface area (Å²) in [5.41, 5.74) is 2.07. The molecule has 2 fully saturated rings. The predicted octanol–water partition coefficient (Wildman–Crippen LogP) is 4.04. The van der Waals surface area contributed by atoms with Crippen LogP contribution in [0.2, 0.25) is 0 Å². The van der Waals surface area contributed by atoms with E-state index in [-0.39, 0.29) is 0 Å². The van der Waals surface area contributed by atoms with Crippen molar-refractivity contribution in [2.75, 3.05) is 24.6 Å². The maximum atomic E-state index is 3.75. The Bertz CT molecular complexity index is 406. The number of thioether (sulfide) groups is 1. The van der Waals surface area contributed by atoms with Crippen molar-refractivity contribution >= 4 is 27.7 Å². The summed E-state index contributed by atoms with van der Waals surface area (Å²) in [5.74, 6) is 3.38. The molecule has 0 amide bonds. The van der Waals surface area contributed by atoms with E-state index in [9.17, 15) is 0 Å². The Morgan fingerprint density at radius 3 is 2.72 bits per heavy atom. The largest absolute Gasteiger partial charge is 0.316 e. The summed E-state index contributed by atoms with van der Waals surface area (Å²) < 4.78 is 1.29. The number of hydrogen-bond donors (Lipinski definition) is 1. The van der Waals surface area contributed by atoms with Gasteiger partial charge in [0.15, 0.2) is 0 Å². The quantitative estimate of drug-likeness (QED) is 0.836. The number of rotatable bonds is 1. The summed E-state index contributed by atoms with van der Waals surface area (Å²) in [7, 11) is 0. The van der Waals surface area contributed by atoms with Crippen LogP contribution in [0.5, 0.6) is 0 Å². The molecule has 18 heavy (non-hydrogen) atoms. The molecule has 1 nitrogen and oxygen atoms in total. The average Bonchev–Trinajstić information content (AvgIpc) is 2.41. The molecule has 0 aliphatic carbocycles. The summed E-state index contributed by atoms with van der Waals surface area (Å²) in [4.78, 5) is 0. The zero-order chi connectivity index (χ0) is 12.4. The topological polar surface area (TPSA) is 12.0 Å². The van der Waals surface area contributed by atoms with E-state index in [1.165, 1.54) is 47.3 Å². The van der Waals surface area contributed by atoms with Crippen LogP contribution >= 0.6 is 27.7 Å². The average molecular weight is 326 g/mol. The molecule has 1 aromatic rings. The second-order valence-electron chi connectivity index (χ2n) is 5.50. The molecule has 3 heteroatoms. The molecule has 0 saturated carbocycles. The highest BCUT2D eigenvalue weighted by molar-refractivity contribution is 9.10. The summed E-state index contributed by atoms with van der Waals surface area (Å²) in [6.45, 7) is 2.35. The van der Waals surface area contributed by atoms with Crippen LogP contribution in [0.15, 0.2) is 28.7 Å². The first-order chi connectivity index (χ1) is 8.82. The van der Waals surface area contributed by atoms with Crippen LogP contribution in [-0.4, -0.2) is 24.6 Å². The molecule has 0 radical (unpaired) electrons. The normalized spacial score (nSPS) is 27.3. The first kappa shape index (κ1) is 13.0. The smallest absolute Gasteiger partial charge is 0.0210 e. The molecule has 1 atom stereocenters. The first-order valence-corrected chi connectivity index (χ1v) is 8.79. The molecule has 0 bridgehead atoms. The molecule has 1 aromatic carbocycles. The summed E-state index contributed by atoms with van der Waals surface area (Å²) in [6.07, 6.45) is 4.14. The fraction of sp³-hybridized carbons (Fsp3) is 0.600. The number of nitrogens with one attached hydrogen (secondary N) is 1. The SMILES string of the molecule is Brc1ccccc1C1CNCCC12CCSCC2. The molecule has 98 valence electrons. The molecule has 2 aliphatic rings. The molecule has 2 heterocycles. The van der Waals surface area contributed by atoms with E-state index in [2.05, 4.69) is 57.3 Å². The van der Waals surface area contributed by atoms with Crippen molar-refractivity contribution in [3.8, 4) is 0 Å². The van der Waals surface area contributed by atoms with Crippen molar-refractivity contribution in [1.82, 2.24) is 5.32 Å². The van der Waals surface area contributed by atoms with Gasteiger partial charge in [-0.25, -0.2) is 0 Å². The van der Waals surface area contributed by atoms with Crippen LogP contribution in [0.25, 0.3) is 0 Å². The van der Waals surface area contributed by atoms with Crippen LogP contribution < -0.4 is 5.32 Å². The van der Waals surface area contributed by atoms with Crippen molar-refractivity contribution in [3.05, 3.63) is 34.3 Å². The van der Waals surface area contributed by atoms with Crippen LogP contribution in [0.1, 0.15) is 30.7 Å². The van der Waals surface area contributed by atoms with Gasteiger partial charge in [-0.05, 0) is 54.4 Å². The van der Waals surface area contributed by atoms with E-state index in [0.29, 0.717) is 11.3 Å². The predicted molar refractivity (Wildman–Crippen MR) is 83.4 cm³/mol. The van der Waals surface area contributed by atoms with E-state index in [4.69, 9.17) is 0 Å². The Morgan fingerprint density at radius 2 is 1.94 bits per heavy atom. The Morgan fingerprint density at radius 1 is 1.17 bits per heavy atom. The third-order valence-corrected chi connectivity index (χ3v) is 6.36. The first-order valence-electron chi connectivity index (χ1n) is 6.85. The molecule has 1 spiro atoms. The summed E-state index contributed by atoms with van der Waals surface area (Å²) in [5, 5.41) is 3.60. The van der Waals surface area contributed by atoms with E-state index >= 15 is 0 Å². The fourth-order valence-corrected chi connectivity index (χ4v) is 5.42. The van der Waals surface area contributed by atoms with Crippen LogP contribution in [0, 0.1) is 5.41 Å². The van der Waals surface area contributed by atoms with Gasteiger partial charge < -0.3 is 5.32 Å². The van der Waals surface area contributed by atoms with Crippen LogP contribution in [-0.2, 0) is 0 Å². The van der Waals surface area contributed by atoms with Crippen molar-refractivity contribution in [1.29, 1.82) is 0 Å². The Labute approximate surface area is 122 Å². The Hall–Kier alpha value is 0.01000. The van der Waals surface area contributed by atoms with Gasteiger partial charge >= 0.3 is 0 Å². The lowest BCUT2D eigenvalue weighted by molar-refractivity contribution is 0.147. The summed E-state index contributed by atoms with van der Waals surface area (Å²) >= 11 is 5.88. The van der Waals surface area contributed by atoms with Gasteiger partial charge in [0.2, 0.25) is 0 Å². The highest BCUT2D eigenvalue weighted by Crippen LogP contribution is 2.51. The number of piperidine rings is 1. The summed E-state index contributed by atoms with van der Waals surface area (Å²) in [6, 6.07) is 8.80. The number of hydrogen-bond acceptors (Lipinski definition) is 2. The van der Waals surface area contributed by atoms with Crippen molar-refractivity contribution < 1.29 is 0 Å². The third-order valence-electron chi connectivity index (χ3n) is 4.66. The van der Waals surface area contributed by atoms with Gasteiger partial charge in [-0.3, -0.25) is 0 Å². The van der Waals surface area contributed by atoms with E-state index in [1.807, 2.05) is 0 Å². The molecule has 3 rings (SSSR count). The molecular formula is C15H20BrNS. The second kappa shape index (κ2) is 5.56. The van der Waals surface area contributed by atoms with Gasteiger partial charge in [-0.15, -0.1) is 0 Å². The number of halogens is 1. The van der Waals surface area contributed by atoms with Gasteiger partial charge in [0.05, 0.1) is 0 Å².